The number of aliphatic imine (C=N–C) groups is 1. The first-order valence-corrected chi connectivity index (χ1v) is 11.0. The first-order chi connectivity index (χ1) is 15.3. The fraction of sp³-hybridized carbons (Fsp3) is 0.346. The quantitative estimate of drug-likeness (QED) is 0.558. The van der Waals surface area contributed by atoms with Crippen molar-refractivity contribution in [3.05, 3.63) is 77.8 Å². The van der Waals surface area contributed by atoms with E-state index in [0.29, 0.717) is 0 Å². The lowest BCUT2D eigenvalue weighted by molar-refractivity contribution is 0.277. The summed E-state index contributed by atoms with van der Waals surface area (Å²) in [5, 5.41) is 3.39. The molecule has 0 fully saturated rings. The van der Waals surface area contributed by atoms with Crippen molar-refractivity contribution in [2.45, 2.75) is 26.9 Å². The van der Waals surface area contributed by atoms with Crippen LogP contribution in [0.1, 0.15) is 25.1 Å². The van der Waals surface area contributed by atoms with Gasteiger partial charge in [0.1, 0.15) is 11.6 Å². The molecule has 0 radical (unpaired) electrons. The van der Waals surface area contributed by atoms with Gasteiger partial charge in [-0.05, 0) is 49.1 Å². The highest BCUT2D eigenvalue weighted by atomic mass is 16.5. The van der Waals surface area contributed by atoms with Gasteiger partial charge in [-0.3, -0.25) is 5.01 Å². The molecule has 0 bridgehead atoms. The Labute approximate surface area is 190 Å². The number of hydrazine groups is 1. The zero-order valence-corrected chi connectivity index (χ0v) is 19.9. The summed E-state index contributed by atoms with van der Waals surface area (Å²) in [6.45, 7) is 6.01. The predicted octanol–water partition coefficient (Wildman–Crippen LogP) is 4.54. The number of nitrogens with zero attached hydrogens (tertiary/aromatic N) is 4. The molecule has 0 unspecified atom stereocenters. The van der Waals surface area contributed by atoms with Crippen molar-refractivity contribution >= 4 is 16.7 Å². The fourth-order valence-corrected chi connectivity index (χ4v) is 4.54. The molecule has 0 spiro atoms. The molecule has 2 heterocycles. The lowest BCUT2D eigenvalue weighted by atomic mass is 9.88. The molecule has 0 atom stereocenters. The van der Waals surface area contributed by atoms with Gasteiger partial charge in [0.25, 0.3) is 0 Å². The lowest BCUT2D eigenvalue weighted by Crippen LogP contribution is -2.47. The molecule has 6 nitrogen and oxygen atoms in total. The second kappa shape index (κ2) is 8.71. The molecular formula is C26H33N5O. The maximum absolute atomic E-state index is 5.28. The number of para-hydroxylation sites is 1. The Bertz CT molecular complexity index is 1160. The van der Waals surface area contributed by atoms with E-state index in [0.717, 1.165) is 24.7 Å². The van der Waals surface area contributed by atoms with Gasteiger partial charge < -0.3 is 14.2 Å². The van der Waals surface area contributed by atoms with E-state index < -0.39 is 0 Å². The maximum Gasteiger partial charge on any atom is 0.130 e. The van der Waals surface area contributed by atoms with Crippen LogP contribution in [0.4, 0.5) is 0 Å². The summed E-state index contributed by atoms with van der Waals surface area (Å²) in [5.74, 6) is 1.87. The Hall–Kier alpha value is -3.25. The molecule has 4 rings (SSSR count). The van der Waals surface area contributed by atoms with Gasteiger partial charge in [-0.25, -0.2) is 10.4 Å². The molecule has 1 aliphatic heterocycles. The highest BCUT2D eigenvalue weighted by Crippen LogP contribution is 2.37. The Morgan fingerprint density at radius 3 is 2.44 bits per heavy atom. The molecule has 32 heavy (non-hydrogen) atoms. The molecule has 0 saturated carbocycles. The third-order valence-electron chi connectivity index (χ3n) is 6.40. The average molecular weight is 432 g/mol. The van der Waals surface area contributed by atoms with Gasteiger partial charge in [0, 0.05) is 44.3 Å². The van der Waals surface area contributed by atoms with E-state index in [4.69, 9.17) is 9.73 Å². The fourth-order valence-electron chi connectivity index (χ4n) is 4.54. The topological polar surface area (TPSA) is 45.0 Å². The SMILES string of the molecule is CNN(Cc1ccc(OC)cc1)C1=NC=C(N(C)Cc2cc3ccccc3n2C)C1(C)C. The smallest absolute Gasteiger partial charge is 0.130 e. The number of hydrogen-bond donors (Lipinski definition) is 1. The highest BCUT2D eigenvalue weighted by molar-refractivity contribution is 5.92. The van der Waals surface area contributed by atoms with Crippen molar-refractivity contribution in [3.63, 3.8) is 0 Å². The summed E-state index contributed by atoms with van der Waals surface area (Å²) in [6.07, 6.45) is 2.01. The number of aromatic nitrogens is 1. The molecule has 0 saturated heterocycles. The van der Waals surface area contributed by atoms with E-state index in [9.17, 15) is 0 Å². The zero-order valence-electron chi connectivity index (χ0n) is 19.9. The van der Waals surface area contributed by atoms with Crippen LogP contribution in [-0.2, 0) is 20.1 Å². The van der Waals surface area contributed by atoms with Crippen molar-refractivity contribution in [1.29, 1.82) is 0 Å². The Morgan fingerprint density at radius 1 is 1.06 bits per heavy atom. The van der Waals surface area contributed by atoms with Crippen LogP contribution in [0.3, 0.4) is 0 Å². The van der Waals surface area contributed by atoms with Gasteiger partial charge in [0.05, 0.1) is 25.6 Å². The number of aryl methyl sites for hydroxylation is 1. The van der Waals surface area contributed by atoms with Crippen LogP contribution in [0.15, 0.2) is 71.5 Å². The van der Waals surface area contributed by atoms with Crippen LogP contribution in [0, 0.1) is 5.41 Å². The van der Waals surface area contributed by atoms with Crippen molar-refractivity contribution in [2.75, 3.05) is 21.2 Å². The van der Waals surface area contributed by atoms with Gasteiger partial charge in [0.2, 0.25) is 0 Å². The van der Waals surface area contributed by atoms with Crippen molar-refractivity contribution in [3.8, 4) is 5.75 Å². The van der Waals surface area contributed by atoms with Gasteiger partial charge in [0.15, 0.2) is 0 Å². The molecule has 1 aromatic heterocycles. The largest absolute Gasteiger partial charge is 0.497 e. The molecule has 2 aromatic carbocycles. The highest BCUT2D eigenvalue weighted by Gasteiger charge is 2.38. The van der Waals surface area contributed by atoms with E-state index in [1.807, 2.05) is 25.4 Å². The van der Waals surface area contributed by atoms with E-state index in [-0.39, 0.29) is 5.41 Å². The first-order valence-electron chi connectivity index (χ1n) is 11.0. The molecule has 6 heteroatoms. The van der Waals surface area contributed by atoms with Gasteiger partial charge in [-0.15, -0.1) is 0 Å². The van der Waals surface area contributed by atoms with E-state index >= 15 is 0 Å². The van der Waals surface area contributed by atoms with Crippen molar-refractivity contribution < 1.29 is 4.74 Å². The Balaban J connectivity index is 1.49. The summed E-state index contributed by atoms with van der Waals surface area (Å²) in [5.41, 5.74) is 8.03. The third-order valence-corrected chi connectivity index (χ3v) is 6.40. The van der Waals surface area contributed by atoms with Gasteiger partial charge in [-0.1, -0.05) is 30.3 Å². The third kappa shape index (κ3) is 3.98. The molecule has 1 aliphatic rings. The minimum absolute atomic E-state index is 0.227. The maximum atomic E-state index is 5.28. The number of hydrogen-bond acceptors (Lipinski definition) is 5. The molecule has 168 valence electrons. The monoisotopic (exact) mass is 431 g/mol. The van der Waals surface area contributed by atoms with E-state index in [2.05, 4.69) is 90.3 Å². The van der Waals surface area contributed by atoms with Crippen molar-refractivity contribution in [2.24, 2.45) is 17.5 Å². The standard InChI is InChI=1S/C26H33N5O/c1-26(2)24(29(4)18-21-15-20-9-7-8-10-23(20)30(21)5)16-28-25(26)31(27-3)17-19-11-13-22(32-6)14-12-19/h7-16,27H,17-18H2,1-6H3. The number of benzene rings is 2. The van der Waals surface area contributed by atoms with Crippen LogP contribution in [0.2, 0.25) is 0 Å². The molecule has 1 N–H and O–H groups in total. The second-order valence-corrected chi connectivity index (χ2v) is 8.86. The van der Waals surface area contributed by atoms with Crippen LogP contribution < -0.4 is 10.2 Å². The van der Waals surface area contributed by atoms with Crippen LogP contribution in [0.25, 0.3) is 10.9 Å². The van der Waals surface area contributed by atoms with E-state index in [1.54, 1.807) is 7.11 Å². The first kappa shape index (κ1) is 22.0. The molecular weight excluding hydrogens is 398 g/mol. The van der Waals surface area contributed by atoms with E-state index in [1.165, 1.54) is 27.9 Å². The summed E-state index contributed by atoms with van der Waals surface area (Å²) >= 11 is 0. The normalized spacial score (nSPS) is 14.9. The second-order valence-electron chi connectivity index (χ2n) is 8.86. The summed E-state index contributed by atoms with van der Waals surface area (Å²) in [7, 11) is 7.92. The number of rotatable bonds is 7. The molecule has 0 amide bonds. The minimum atomic E-state index is -0.227. The Kier molecular flexibility index (Phi) is 5.98. The van der Waals surface area contributed by atoms with Crippen LogP contribution in [0.5, 0.6) is 5.75 Å². The predicted molar refractivity (Wildman–Crippen MR) is 131 cm³/mol. The average Bonchev–Trinajstić information content (AvgIpc) is 3.28. The number of nitrogens with one attached hydrogen (secondary N) is 1. The van der Waals surface area contributed by atoms with Crippen molar-refractivity contribution in [1.82, 2.24) is 19.9 Å². The van der Waals surface area contributed by atoms with Gasteiger partial charge >= 0.3 is 0 Å². The zero-order chi connectivity index (χ0) is 22.9. The minimum Gasteiger partial charge on any atom is -0.497 e. The van der Waals surface area contributed by atoms with Crippen LogP contribution >= 0.6 is 0 Å². The van der Waals surface area contributed by atoms with Gasteiger partial charge in [-0.2, -0.15) is 0 Å². The van der Waals surface area contributed by atoms with Crippen LogP contribution in [-0.4, -0.2) is 41.5 Å². The summed E-state index contributed by atoms with van der Waals surface area (Å²) in [4.78, 5) is 7.16. The lowest BCUT2D eigenvalue weighted by Gasteiger charge is -2.36. The number of fused-ring (bicyclic) bond motifs is 1. The number of amidine groups is 1. The molecule has 3 aromatic rings. The number of methoxy groups -OCH3 is 1. The number of ether oxygens (including phenoxy) is 1. The molecule has 0 aliphatic carbocycles. The Morgan fingerprint density at radius 2 is 1.78 bits per heavy atom. The summed E-state index contributed by atoms with van der Waals surface area (Å²) in [6, 6.07) is 19.0. The summed E-state index contributed by atoms with van der Waals surface area (Å²) < 4.78 is 7.56.